The van der Waals surface area contributed by atoms with E-state index in [0.29, 0.717) is 21.8 Å². The fourth-order valence-corrected chi connectivity index (χ4v) is 3.48. The number of carbonyl (C=O) groups is 1. The summed E-state index contributed by atoms with van der Waals surface area (Å²) < 4.78 is 28.1. The summed E-state index contributed by atoms with van der Waals surface area (Å²) in [6, 6.07) is 4.87. The first-order valence-electron chi connectivity index (χ1n) is 7.49. The van der Waals surface area contributed by atoms with E-state index in [1.165, 1.54) is 17.4 Å². The minimum absolute atomic E-state index is 0.260. The summed E-state index contributed by atoms with van der Waals surface area (Å²) in [5, 5.41) is 2.96. The number of halogens is 2. The first-order chi connectivity index (χ1) is 11.5. The van der Waals surface area contributed by atoms with Crippen LogP contribution in [0.4, 0.5) is 13.9 Å². The van der Waals surface area contributed by atoms with Crippen LogP contribution in [-0.2, 0) is 4.79 Å². The van der Waals surface area contributed by atoms with Crippen LogP contribution in [-0.4, -0.2) is 22.0 Å². The molecule has 1 N–H and O–H groups in total. The molecule has 4 rings (SSSR count). The normalized spacial score (nSPS) is 19.5. The molecule has 2 heterocycles. The number of thiazole rings is 1. The van der Waals surface area contributed by atoms with Gasteiger partial charge in [0.2, 0.25) is 5.91 Å². The van der Waals surface area contributed by atoms with E-state index in [9.17, 15) is 13.6 Å². The Bertz CT molecular complexity index is 956. The van der Waals surface area contributed by atoms with Crippen LogP contribution in [0.1, 0.15) is 12.0 Å². The third-order valence-corrected chi connectivity index (χ3v) is 5.02. The van der Waals surface area contributed by atoms with Gasteiger partial charge >= 0.3 is 0 Å². The van der Waals surface area contributed by atoms with Crippen LogP contribution in [0.5, 0.6) is 0 Å². The summed E-state index contributed by atoms with van der Waals surface area (Å²) in [5.41, 5.74) is 2.55. The second-order valence-electron chi connectivity index (χ2n) is 5.86. The molecule has 1 amide bonds. The number of hydrogen-bond donors (Lipinski definition) is 1. The highest BCUT2D eigenvalue weighted by Crippen LogP contribution is 2.37. The molecule has 0 radical (unpaired) electrons. The smallest absolute Gasteiger partial charge is 0.232 e. The molecule has 122 valence electrons. The Hall–Kier alpha value is -2.41. The Morgan fingerprint density at radius 3 is 2.88 bits per heavy atom. The van der Waals surface area contributed by atoms with Gasteiger partial charge in [-0.05, 0) is 31.0 Å². The predicted molar refractivity (Wildman–Crippen MR) is 89.2 cm³/mol. The molecule has 0 bridgehead atoms. The van der Waals surface area contributed by atoms with Crippen molar-refractivity contribution in [2.45, 2.75) is 19.5 Å². The molecule has 0 spiro atoms. The molecule has 3 aromatic rings. The third-order valence-electron chi connectivity index (χ3n) is 4.09. The SMILES string of the molecule is Cc1ccncc1-c1cc2sc(NC(=O)[C@@H]3C[C@@H]3F)nc2cc1F. The number of fused-ring (bicyclic) bond motifs is 1. The zero-order valence-electron chi connectivity index (χ0n) is 12.7. The molecule has 2 atom stereocenters. The molecular formula is C17H13F2N3OS. The topological polar surface area (TPSA) is 54.9 Å². The summed E-state index contributed by atoms with van der Waals surface area (Å²) in [5.74, 6) is -1.35. The Morgan fingerprint density at radius 1 is 1.38 bits per heavy atom. The highest BCUT2D eigenvalue weighted by atomic mass is 32.1. The predicted octanol–water partition coefficient (Wildman–Crippen LogP) is 4.10. The second kappa shape index (κ2) is 5.59. The minimum atomic E-state index is -1.06. The van der Waals surface area contributed by atoms with Crippen molar-refractivity contribution in [1.29, 1.82) is 0 Å². The molecule has 1 aromatic carbocycles. The lowest BCUT2D eigenvalue weighted by molar-refractivity contribution is -0.117. The lowest BCUT2D eigenvalue weighted by Gasteiger charge is -2.06. The zero-order chi connectivity index (χ0) is 16.8. The van der Waals surface area contributed by atoms with Gasteiger partial charge in [0.25, 0.3) is 0 Å². The van der Waals surface area contributed by atoms with Crippen LogP contribution in [0.15, 0.2) is 30.6 Å². The largest absolute Gasteiger partial charge is 0.302 e. The van der Waals surface area contributed by atoms with Gasteiger partial charge in [0.15, 0.2) is 5.13 Å². The lowest BCUT2D eigenvalue weighted by atomic mass is 10.0. The standard InChI is InChI=1S/C17H13F2N3OS/c1-8-2-3-20-7-11(8)9-5-15-14(6-13(9)19)21-17(24-15)22-16(23)10-4-12(10)18/h2-3,5-7,10,12H,4H2,1H3,(H,21,22,23)/t10-,12+/m1/s1. The van der Waals surface area contributed by atoms with E-state index in [0.717, 1.165) is 10.3 Å². The van der Waals surface area contributed by atoms with E-state index in [-0.39, 0.29) is 12.3 Å². The first-order valence-corrected chi connectivity index (χ1v) is 8.30. The van der Waals surface area contributed by atoms with Gasteiger partial charge in [-0.1, -0.05) is 11.3 Å². The quantitative estimate of drug-likeness (QED) is 0.777. The number of nitrogens with zero attached hydrogens (tertiary/aromatic N) is 2. The number of benzene rings is 1. The number of nitrogens with one attached hydrogen (secondary N) is 1. The number of amides is 1. The van der Waals surface area contributed by atoms with Crippen LogP contribution in [0.3, 0.4) is 0 Å². The summed E-state index contributed by atoms with van der Waals surface area (Å²) in [4.78, 5) is 20.1. The number of anilines is 1. The van der Waals surface area contributed by atoms with Crippen molar-refractivity contribution in [3.8, 4) is 11.1 Å². The van der Waals surface area contributed by atoms with Gasteiger partial charge in [0.05, 0.1) is 16.1 Å². The zero-order valence-corrected chi connectivity index (χ0v) is 13.5. The summed E-state index contributed by atoms with van der Waals surface area (Å²) in [6.45, 7) is 1.89. The summed E-state index contributed by atoms with van der Waals surface area (Å²) >= 11 is 1.24. The molecule has 1 aliphatic rings. The average Bonchev–Trinajstić information content (AvgIpc) is 3.15. The molecule has 24 heavy (non-hydrogen) atoms. The van der Waals surface area contributed by atoms with E-state index >= 15 is 0 Å². The third kappa shape index (κ3) is 2.65. The average molecular weight is 345 g/mol. The van der Waals surface area contributed by atoms with E-state index in [1.807, 2.05) is 13.0 Å². The monoisotopic (exact) mass is 345 g/mol. The fraction of sp³-hybridized carbons (Fsp3) is 0.235. The van der Waals surface area contributed by atoms with Crippen LogP contribution in [0, 0.1) is 18.7 Å². The van der Waals surface area contributed by atoms with Gasteiger partial charge in [-0.25, -0.2) is 13.8 Å². The van der Waals surface area contributed by atoms with Crippen molar-refractivity contribution in [2.75, 3.05) is 5.32 Å². The van der Waals surface area contributed by atoms with Crippen LogP contribution < -0.4 is 5.32 Å². The highest BCUT2D eigenvalue weighted by molar-refractivity contribution is 7.22. The van der Waals surface area contributed by atoms with Crippen molar-refractivity contribution in [3.63, 3.8) is 0 Å². The maximum absolute atomic E-state index is 14.4. The number of pyridine rings is 1. The van der Waals surface area contributed by atoms with Crippen molar-refractivity contribution < 1.29 is 13.6 Å². The van der Waals surface area contributed by atoms with Gasteiger partial charge in [0.1, 0.15) is 12.0 Å². The first kappa shape index (κ1) is 15.1. The van der Waals surface area contributed by atoms with Crippen molar-refractivity contribution in [1.82, 2.24) is 9.97 Å². The van der Waals surface area contributed by atoms with E-state index in [2.05, 4.69) is 15.3 Å². The number of aromatic nitrogens is 2. The molecular weight excluding hydrogens is 332 g/mol. The fourth-order valence-electron chi connectivity index (χ4n) is 2.59. The Labute approximate surface area is 140 Å². The van der Waals surface area contributed by atoms with Gasteiger partial charge < -0.3 is 5.32 Å². The Morgan fingerprint density at radius 2 is 2.17 bits per heavy atom. The molecule has 4 nitrogen and oxygen atoms in total. The number of carbonyl (C=O) groups excluding carboxylic acids is 1. The number of alkyl halides is 1. The number of rotatable bonds is 3. The van der Waals surface area contributed by atoms with Crippen LogP contribution in [0.2, 0.25) is 0 Å². The molecule has 2 aromatic heterocycles. The van der Waals surface area contributed by atoms with Gasteiger partial charge in [-0.2, -0.15) is 0 Å². The molecule has 0 unspecified atom stereocenters. The van der Waals surface area contributed by atoms with Crippen molar-refractivity contribution in [2.24, 2.45) is 5.92 Å². The minimum Gasteiger partial charge on any atom is -0.302 e. The maximum Gasteiger partial charge on any atom is 0.232 e. The molecule has 7 heteroatoms. The van der Waals surface area contributed by atoms with Gasteiger partial charge in [-0.3, -0.25) is 9.78 Å². The second-order valence-corrected chi connectivity index (χ2v) is 6.89. The molecule has 0 aliphatic heterocycles. The molecule has 0 saturated heterocycles. The molecule has 1 fully saturated rings. The van der Waals surface area contributed by atoms with E-state index in [1.54, 1.807) is 18.5 Å². The van der Waals surface area contributed by atoms with Gasteiger partial charge in [0, 0.05) is 29.6 Å². The molecule has 1 saturated carbocycles. The van der Waals surface area contributed by atoms with Crippen molar-refractivity contribution in [3.05, 3.63) is 42.0 Å². The number of hydrogen-bond acceptors (Lipinski definition) is 4. The van der Waals surface area contributed by atoms with Crippen molar-refractivity contribution >= 4 is 32.6 Å². The maximum atomic E-state index is 14.4. The van der Waals surface area contributed by atoms with Gasteiger partial charge in [-0.15, -0.1) is 0 Å². The van der Waals surface area contributed by atoms with E-state index in [4.69, 9.17) is 0 Å². The summed E-state index contributed by atoms with van der Waals surface area (Å²) in [7, 11) is 0. The number of aryl methyl sites for hydroxylation is 1. The summed E-state index contributed by atoms with van der Waals surface area (Å²) in [6.07, 6.45) is 2.48. The Balaban J connectivity index is 1.70. The van der Waals surface area contributed by atoms with E-state index < -0.39 is 17.9 Å². The Kier molecular flexibility index (Phi) is 3.53. The lowest BCUT2D eigenvalue weighted by Crippen LogP contribution is -2.14. The molecule has 1 aliphatic carbocycles. The van der Waals surface area contributed by atoms with Crippen LogP contribution in [0.25, 0.3) is 21.3 Å². The highest BCUT2D eigenvalue weighted by Gasteiger charge is 2.43. The van der Waals surface area contributed by atoms with Crippen LogP contribution >= 0.6 is 11.3 Å².